The number of amides is 1. The Morgan fingerprint density at radius 2 is 1.55 bits per heavy atom. The highest BCUT2D eigenvalue weighted by Gasteiger charge is 2.23. The van der Waals surface area contributed by atoms with Gasteiger partial charge in [-0.1, -0.05) is 36.4 Å². The molecule has 0 unspecified atom stereocenters. The maximum atomic E-state index is 13.1. The van der Waals surface area contributed by atoms with Crippen molar-refractivity contribution < 1.29 is 13.2 Å². The molecule has 3 rings (SSSR count). The van der Waals surface area contributed by atoms with E-state index in [1.54, 1.807) is 55.5 Å². The van der Waals surface area contributed by atoms with Crippen LogP contribution in [0.4, 0.5) is 11.4 Å². The van der Waals surface area contributed by atoms with Gasteiger partial charge in [-0.2, -0.15) is 0 Å². The fraction of sp³-hybridized carbons (Fsp3) is 0.130. The van der Waals surface area contributed by atoms with E-state index in [-0.39, 0.29) is 15.9 Å². The standard InChI is InChI=1S/C23H23N3O3S2/c1-3-26(19-10-5-4-6-11-19)31(28,29)20-15-13-18(14-16-20)24-23(30)25-22(27)21-12-8-7-9-17(21)2/h4-16H,3H2,1-2H3,(H2,24,25,27,30). The number of benzene rings is 3. The van der Waals surface area contributed by atoms with Crippen LogP contribution in [-0.4, -0.2) is 26.0 Å². The number of aryl methyl sites for hydroxylation is 1. The number of carbonyl (C=O) groups is 1. The Hall–Kier alpha value is -3.23. The zero-order valence-electron chi connectivity index (χ0n) is 17.2. The van der Waals surface area contributed by atoms with Crippen molar-refractivity contribution in [3.8, 4) is 0 Å². The van der Waals surface area contributed by atoms with Crippen LogP contribution in [0.1, 0.15) is 22.8 Å². The van der Waals surface area contributed by atoms with Crippen LogP contribution in [0.15, 0.2) is 83.8 Å². The van der Waals surface area contributed by atoms with E-state index >= 15 is 0 Å². The lowest BCUT2D eigenvalue weighted by atomic mass is 10.1. The molecular weight excluding hydrogens is 430 g/mol. The van der Waals surface area contributed by atoms with Gasteiger partial charge in [0.1, 0.15) is 0 Å². The number of hydrogen-bond donors (Lipinski definition) is 2. The average Bonchev–Trinajstić information content (AvgIpc) is 2.75. The summed E-state index contributed by atoms with van der Waals surface area (Å²) in [5.74, 6) is -0.309. The molecule has 0 aliphatic heterocycles. The van der Waals surface area contributed by atoms with Crippen LogP contribution in [0, 0.1) is 6.92 Å². The smallest absolute Gasteiger partial charge is 0.264 e. The van der Waals surface area contributed by atoms with Crippen molar-refractivity contribution in [2.24, 2.45) is 0 Å². The predicted octanol–water partition coefficient (Wildman–Crippen LogP) is 4.34. The molecule has 0 aliphatic rings. The van der Waals surface area contributed by atoms with Crippen LogP contribution in [0.5, 0.6) is 0 Å². The maximum Gasteiger partial charge on any atom is 0.264 e. The first-order chi connectivity index (χ1) is 14.8. The van der Waals surface area contributed by atoms with E-state index in [2.05, 4.69) is 10.6 Å². The number of sulfonamides is 1. The first-order valence-electron chi connectivity index (χ1n) is 9.68. The summed E-state index contributed by atoms with van der Waals surface area (Å²) in [7, 11) is -3.71. The van der Waals surface area contributed by atoms with E-state index in [4.69, 9.17) is 12.2 Å². The van der Waals surface area contributed by atoms with Gasteiger partial charge in [-0.05, 0) is 74.1 Å². The summed E-state index contributed by atoms with van der Waals surface area (Å²) < 4.78 is 27.5. The summed E-state index contributed by atoms with van der Waals surface area (Å²) in [5, 5.41) is 5.67. The SMILES string of the molecule is CCN(c1ccccc1)S(=O)(=O)c1ccc(NC(=S)NC(=O)c2ccccc2C)cc1. The van der Waals surface area contributed by atoms with E-state index in [0.29, 0.717) is 23.5 Å². The van der Waals surface area contributed by atoms with Crippen LogP contribution < -0.4 is 14.9 Å². The maximum absolute atomic E-state index is 13.1. The molecule has 1 amide bonds. The Morgan fingerprint density at radius 1 is 0.935 bits per heavy atom. The molecule has 8 heteroatoms. The second kappa shape index (κ2) is 9.72. The molecule has 31 heavy (non-hydrogen) atoms. The average molecular weight is 454 g/mol. The second-order valence-corrected chi connectivity index (χ2v) is 9.02. The van der Waals surface area contributed by atoms with Gasteiger partial charge in [0, 0.05) is 17.8 Å². The van der Waals surface area contributed by atoms with Gasteiger partial charge in [-0.25, -0.2) is 8.42 Å². The molecule has 0 fully saturated rings. The summed E-state index contributed by atoms with van der Waals surface area (Å²) in [5.41, 5.74) is 2.55. The largest absolute Gasteiger partial charge is 0.332 e. The normalized spacial score (nSPS) is 10.9. The third-order valence-electron chi connectivity index (χ3n) is 4.65. The van der Waals surface area contributed by atoms with Crippen molar-refractivity contribution in [1.82, 2.24) is 5.32 Å². The molecule has 0 saturated heterocycles. The number of nitrogens with one attached hydrogen (secondary N) is 2. The van der Waals surface area contributed by atoms with Crippen LogP contribution in [0.3, 0.4) is 0 Å². The van der Waals surface area contributed by atoms with Crippen molar-refractivity contribution in [2.75, 3.05) is 16.2 Å². The number of nitrogens with zero attached hydrogens (tertiary/aromatic N) is 1. The predicted molar refractivity (Wildman–Crippen MR) is 128 cm³/mol. The van der Waals surface area contributed by atoms with Crippen molar-refractivity contribution in [3.63, 3.8) is 0 Å². The van der Waals surface area contributed by atoms with Crippen molar-refractivity contribution in [3.05, 3.63) is 90.0 Å². The highest BCUT2D eigenvalue weighted by atomic mass is 32.2. The Morgan fingerprint density at radius 3 is 2.16 bits per heavy atom. The minimum Gasteiger partial charge on any atom is -0.332 e. The molecule has 2 N–H and O–H groups in total. The van der Waals surface area contributed by atoms with Crippen LogP contribution in [0.25, 0.3) is 0 Å². The van der Waals surface area contributed by atoms with E-state index in [9.17, 15) is 13.2 Å². The van der Waals surface area contributed by atoms with E-state index in [1.165, 1.54) is 16.4 Å². The summed E-state index contributed by atoms with van der Waals surface area (Å²) >= 11 is 5.22. The van der Waals surface area contributed by atoms with Gasteiger partial charge in [0.2, 0.25) is 0 Å². The van der Waals surface area contributed by atoms with Crippen molar-refractivity contribution in [2.45, 2.75) is 18.7 Å². The molecule has 0 aliphatic carbocycles. The third kappa shape index (κ3) is 5.28. The van der Waals surface area contributed by atoms with Gasteiger partial charge in [0.25, 0.3) is 15.9 Å². The summed E-state index contributed by atoms with van der Waals surface area (Å²) in [6.45, 7) is 3.94. The topological polar surface area (TPSA) is 78.5 Å². The molecule has 0 aromatic heterocycles. The van der Waals surface area contributed by atoms with Gasteiger partial charge < -0.3 is 5.32 Å². The number of carbonyl (C=O) groups excluding carboxylic acids is 1. The van der Waals surface area contributed by atoms with E-state index in [0.717, 1.165) is 5.56 Å². The van der Waals surface area contributed by atoms with Crippen LogP contribution >= 0.6 is 12.2 Å². The molecule has 3 aromatic carbocycles. The fourth-order valence-corrected chi connectivity index (χ4v) is 4.77. The third-order valence-corrected chi connectivity index (χ3v) is 6.77. The molecular formula is C23H23N3O3S2. The van der Waals surface area contributed by atoms with Gasteiger partial charge >= 0.3 is 0 Å². The molecule has 3 aromatic rings. The lowest BCUT2D eigenvalue weighted by Crippen LogP contribution is -2.34. The molecule has 0 bridgehead atoms. The van der Waals surface area contributed by atoms with Gasteiger partial charge in [0.15, 0.2) is 5.11 Å². The van der Waals surface area contributed by atoms with Crippen molar-refractivity contribution >= 4 is 44.6 Å². The fourth-order valence-electron chi connectivity index (χ4n) is 3.08. The van der Waals surface area contributed by atoms with Gasteiger partial charge in [-0.3, -0.25) is 14.4 Å². The number of anilines is 2. The lowest BCUT2D eigenvalue weighted by Gasteiger charge is -2.23. The van der Waals surface area contributed by atoms with E-state index < -0.39 is 10.0 Å². The van der Waals surface area contributed by atoms with Crippen molar-refractivity contribution in [1.29, 1.82) is 0 Å². The molecule has 0 heterocycles. The zero-order valence-corrected chi connectivity index (χ0v) is 18.8. The highest BCUT2D eigenvalue weighted by molar-refractivity contribution is 7.92. The Bertz CT molecular complexity index is 1180. The first-order valence-corrected chi connectivity index (χ1v) is 11.5. The minimum atomic E-state index is -3.71. The molecule has 6 nitrogen and oxygen atoms in total. The van der Waals surface area contributed by atoms with Crippen LogP contribution in [-0.2, 0) is 10.0 Å². The first kappa shape index (κ1) is 22.5. The summed E-state index contributed by atoms with van der Waals surface area (Å²) in [6.07, 6.45) is 0. The molecule has 0 radical (unpaired) electrons. The number of para-hydroxylation sites is 1. The summed E-state index contributed by atoms with van der Waals surface area (Å²) in [4.78, 5) is 12.5. The Labute approximate surface area is 188 Å². The molecule has 0 atom stereocenters. The van der Waals surface area contributed by atoms with E-state index in [1.807, 2.05) is 25.1 Å². The van der Waals surface area contributed by atoms with Gasteiger partial charge in [0.05, 0.1) is 10.6 Å². The quantitative estimate of drug-likeness (QED) is 0.543. The lowest BCUT2D eigenvalue weighted by molar-refractivity contribution is 0.0977. The molecule has 0 saturated carbocycles. The second-order valence-electron chi connectivity index (χ2n) is 6.75. The molecule has 0 spiro atoms. The number of hydrogen-bond acceptors (Lipinski definition) is 4. The highest BCUT2D eigenvalue weighted by Crippen LogP contribution is 2.24. The molecule has 160 valence electrons. The summed E-state index contributed by atoms with van der Waals surface area (Å²) in [6, 6.07) is 22.4. The Kier molecular flexibility index (Phi) is 7.04. The van der Waals surface area contributed by atoms with Crippen LogP contribution in [0.2, 0.25) is 0 Å². The Balaban J connectivity index is 1.70. The number of thiocarbonyl (C=S) groups is 1. The zero-order chi connectivity index (χ0) is 22.4. The number of rotatable bonds is 6. The minimum absolute atomic E-state index is 0.128. The monoisotopic (exact) mass is 453 g/mol. The van der Waals surface area contributed by atoms with Gasteiger partial charge in [-0.15, -0.1) is 0 Å².